The van der Waals surface area contributed by atoms with Crippen LogP contribution in [0.25, 0.3) is 88.6 Å². The van der Waals surface area contributed by atoms with Crippen LogP contribution in [0.1, 0.15) is 63.7 Å². The number of hydrogen-bond acceptors (Lipinski definition) is 18. The number of ketones is 4. The number of nitrogens with zero attached hydrogens (tertiary/aromatic N) is 8. The van der Waals surface area contributed by atoms with Crippen LogP contribution in [0.3, 0.4) is 0 Å². The van der Waals surface area contributed by atoms with Crippen molar-refractivity contribution in [2.75, 3.05) is 58.7 Å². The lowest BCUT2D eigenvalue weighted by atomic mass is 9.86. The number of rotatable bonds is 13. The minimum atomic E-state index is -0.531. The first-order valence-corrected chi connectivity index (χ1v) is 27.9. The van der Waals surface area contributed by atoms with Crippen molar-refractivity contribution in [2.45, 2.75) is 13.5 Å². The largest absolute Gasteiger partial charge is 0.398 e. The van der Waals surface area contributed by atoms with Crippen LogP contribution in [0.15, 0.2) is 146 Å². The van der Waals surface area contributed by atoms with E-state index >= 15 is 0 Å². The number of nitrogens with one attached hydrogen (secondary N) is 3. The lowest BCUT2D eigenvalue weighted by Gasteiger charge is -2.17. The smallest absolute Gasteiger partial charge is 0.281 e. The van der Waals surface area contributed by atoms with Gasteiger partial charge in [-0.05, 0) is 36.4 Å². The van der Waals surface area contributed by atoms with Gasteiger partial charge in [0.25, 0.3) is 11.4 Å². The molecule has 16 rings (SSSR count). The van der Waals surface area contributed by atoms with Gasteiger partial charge in [-0.3, -0.25) is 49.6 Å². The molecule has 24 heteroatoms. The number of carbonyl (C=O) groups excluding carboxylic acids is 4. The second-order valence-electron chi connectivity index (χ2n) is 20.7. The van der Waals surface area contributed by atoms with Crippen molar-refractivity contribution < 1.29 is 48.0 Å². The lowest BCUT2D eigenvalue weighted by Crippen LogP contribution is -2.11. The molecule has 0 atom stereocenters. The highest BCUT2D eigenvalue weighted by atomic mass is 16.6. The molecule has 442 valence electrons. The molecule has 0 aliphatic heterocycles. The van der Waals surface area contributed by atoms with Gasteiger partial charge in [-0.2, -0.15) is 20.4 Å². The highest BCUT2D eigenvalue weighted by molar-refractivity contribution is 6.30. The molecule has 0 saturated carbocycles. The summed E-state index contributed by atoms with van der Waals surface area (Å²) < 4.78 is 24.4. The number of aromatic amines is 2. The van der Waals surface area contributed by atoms with Crippen LogP contribution in [0, 0.1) is 20.2 Å². The third-order valence-electron chi connectivity index (χ3n) is 15.9. The first-order chi connectivity index (χ1) is 43.3. The number of nitro benzene ring substituents is 2. The zero-order chi connectivity index (χ0) is 61.8. The highest BCUT2D eigenvalue weighted by Gasteiger charge is 2.37. The molecular formula is C65H50N12O12. The number of hydrogen-bond donors (Lipinski definition) is 4. The van der Waals surface area contributed by atoms with Crippen molar-refractivity contribution in [3.63, 3.8) is 0 Å². The maximum absolute atomic E-state index is 12.9. The lowest BCUT2D eigenvalue weighted by molar-refractivity contribution is -0.385. The molecule has 0 amide bonds. The quantitative estimate of drug-likeness (QED) is 0.0361. The minimum Gasteiger partial charge on any atom is -0.398 e. The first kappa shape index (κ1) is 56.7. The second-order valence-corrected chi connectivity index (χ2v) is 20.7. The van der Waals surface area contributed by atoms with Crippen LogP contribution in [0.5, 0.6) is 0 Å². The molecule has 4 heterocycles. The summed E-state index contributed by atoms with van der Waals surface area (Å²) in [7, 11) is 5.04. The molecule has 0 bridgehead atoms. The fourth-order valence-corrected chi connectivity index (χ4v) is 11.9. The number of benzene rings is 8. The number of aromatic nitrogens is 8. The third kappa shape index (κ3) is 9.42. The van der Waals surface area contributed by atoms with Crippen molar-refractivity contribution in [1.82, 2.24) is 40.0 Å². The first-order valence-electron chi connectivity index (χ1n) is 27.9. The van der Waals surface area contributed by atoms with Gasteiger partial charge < -0.3 is 30.0 Å². The summed E-state index contributed by atoms with van der Waals surface area (Å²) in [4.78, 5) is 72.6. The number of methoxy groups -OCH3 is 2. The van der Waals surface area contributed by atoms with E-state index in [1.54, 1.807) is 78.2 Å². The summed E-state index contributed by atoms with van der Waals surface area (Å²) in [5.41, 5.74) is 19.6. The third-order valence-corrected chi connectivity index (χ3v) is 15.9. The molecule has 4 aliphatic rings. The molecule has 5 N–H and O–H groups in total. The molecule has 4 aromatic heterocycles. The van der Waals surface area contributed by atoms with E-state index in [4.69, 9.17) is 24.7 Å². The van der Waals surface area contributed by atoms with Crippen molar-refractivity contribution in [3.8, 4) is 45.0 Å². The SMILES string of the molecule is CNc1ccc2[nH]nc3c2c1C(=O)c1ccccc1-3.COCCOCn1nc2c3c(c(N)ccc31)C(=O)c1ccccc1-2.COCCOCn1nc2c3c(c([N+](=O)[O-])ccc31)C(=O)c1ccccc1-2.O=C1c2ccccc2-c2n[nH]c3ccc([N+](=O)[O-])c1c23. The van der Waals surface area contributed by atoms with E-state index in [1.807, 2.05) is 85.9 Å². The van der Waals surface area contributed by atoms with Crippen molar-refractivity contribution in [1.29, 1.82) is 0 Å². The number of carbonyl (C=O) groups is 4. The van der Waals surface area contributed by atoms with Crippen molar-refractivity contribution in [2.24, 2.45) is 0 Å². The fraction of sp³-hybridized carbons (Fsp3) is 0.138. The summed E-state index contributed by atoms with van der Waals surface area (Å²) in [5, 5.41) is 52.1. The topological polar surface area (TPSA) is 323 Å². The van der Waals surface area contributed by atoms with Gasteiger partial charge in [0, 0.05) is 111 Å². The summed E-state index contributed by atoms with van der Waals surface area (Å²) in [6, 6.07) is 42.5. The van der Waals surface area contributed by atoms with Gasteiger partial charge in [-0.15, -0.1) is 0 Å². The molecule has 8 aromatic carbocycles. The number of anilines is 2. The predicted molar refractivity (Wildman–Crippen MR) is 330 cm³/mol. The maximum atomic E-state index is 12.9. The maximum Gasteiger partial charge on any atom is 0.281 e. The average Bonchev–Trinajstić information content (AvgIpc) is 2.24. The van der Waals surface area contributed by atoms with E-state index in [9.17, 15) is 39.4 Å². The molecule has 0 fully saturated rings. The molecule has 89 heavy (non-hydrogen) atoms. The Bertz CT molecular complexity index is 4960. The van der Waals surface area contributed by atoms with E-state index in [2.05, 4.69) is 35.9 Å². The number of nitrogen functional groups attached to an aromatic ring is 1. The van der Waals surface area contributed by atoms with E-state index < -0.39 is 9.85 Å². The standard InChI is InChI=1S/C18H15N3O5.C18H17N3O3.C15H11N3O.C14H7N3O3/c1-25-8-9-26-10-20-13-6-7-14(21(23)24)16-15(13)17(19-20)11-4-2-3-5-12(11)18(16)22;1-23-8-9-24-10-21-14-7-6-13(19)15-16(14)17(20-21)11-4-2-3-5-12(11)18(15)22;1-16-10-6-7-11-12-13(10)15(19)9-5-3-2-4-8(9)14(12)18-17-11;18-14-8-4-2-1-3-7(8)13-11-9(15-16-13)5-6-10(12(11)14)17(19)20/h2-7H,8-10H2,1H3;2-7H,8-10,19H2,1H3;2-7,16H,1H3,(H,17,18);1-6H,(H,15,16). The van der Waals surface area contributed by atoms with E-state index in [-0.39, 0.29) is 52.4 Å². The van der Waals surface area contributed by atoms with E-state index in [0.29, 0.717) is 117 Å². The Morgan fingerprint density at radius 3 is 1.28 bits per heavy atom. The summed E-state index contributed by atoms with van der Waals surface area (Å²) >= 11 is 0. The number of ether oxygens (including phenoxy) is 4. The van der Waals surface area contributed by atoms with Gasteiger partial charge in [0.2, 0.25) is 11.6 Å². The second kappa shape index (κ2) is 23.1. The van der Waals surface area contributed by atoms with Crippen LogP contribution in [0.2, 0.25) is 0 Å². The minimum absolute atomic E-state index is 0.0546. The van der Waals surface area contributed by atoms with Gasteiger partial charge >= 0.3 is 0 Å². The monoisotopic (exact) mass is 1190 g/mol. The molecule has 4 aliphatic carbocycles. The molecule has 24 nitrogen and oxygen atoms in total. The number of H-pyrrole nitrogens is 2. The Balaban J connectivity index is 0.000000110. The Morgan fingerprint density at radius 2 is 0.831 bits per heavy atom. The number of nitrogens with two attached hydrogens (primary N) is 1. The zero-order valence-electron chi connectivity index (χ0n) is 47.7. The summed E-state index contributed by atoms with van der Waals surface area (Å²) in [6.45, 7) is 2.29. The highest BCUT2D eigenvalue weighted by Crippen LogP contribution is 2.46. The van der Waals surface area contributed by atoms with Gasteiger partial charge in [0.1, 0.15) is 47.4 Å². The van der Waals surface area contributed by atoms with Crippen LogP contribution in [-0.4, -0.2) is 121 Å². The molecular weight excluding hydrogens is 1140 g/mol. The summed E-state index contributed by atoms with van der Waals surface area (Å²) in [6.07, 6.45) is 0. The zero-order valence-corrected chi connectivity index (χ0v) is 47.7. The summed E-state index contributed by atoms with van der Waals surface area (Å²) in [5.74, 6) is -0.683. The molecule has 0 saturated heterocycles. The Kier molecular flexibility index (Phi) is 14.7. The fourth-order valence-electron chi connectivity index (χ4n) is 11.9. The molecule has 12 aromatic rings. The van der Waals surface area contributed by atoms with Gasteiger partial charge in [-0.1, -0.05) is 97.1 Å². The Labute approximate surface area is 503 Å². The van der Waals surface area contributed by atoms with Gasteiger partial charge in [0.15, 0.2) is 11.6 Å². The predicted octanol–water partition coefficient (Wildman–Crippen LogP) is 10.7. The van der Waals surface area contributed by atoms with Crippen molar-refractivity contribution in [3.05, 3.63) is 210 Å². The van der Waals surface area contributed by atoms with Crippen LogP contribution in [0.4, 0.5) is 22.7 Å². The normalized spacial score (nSPS) is 12.5. The number of nitro groups is 2. The van der Waals surface area contributed by atoms with Crippen LogP contribution < -0.4 is 11.1 Å². The van der Waals surface area contributed by atoms with Gasteiger partial charge in [0.05, 0.1) is 69.5 Å². The molecule has 0 spiro atoms. The molecule has 0 unspecified atom stereocenters. The Hall–Kier alpha value is -11.4. The van der Waals surface area contributed by atoms with Crippen LogP contribution in [-0.2, 0) is 32.4 Å². The van der Waals surface area contributed by atoms with Crippen molar-refractivity contribution >= 4 is 89.5 Å². The molecule has 0 radical (unpaired) electrons. The average molecular weight is 1190 g/mol. The van der Waals surface area contributed by atoms with Crippen LogP contribution >= 0.6 is 0 Å². The van der Waals surface area contributed by atoms with E-state index in [0.717, 1.165) is 50.0 Å². The number of fused-ring (bicyclic) bond motifs is 8. The Morgan fingerprint density at radius 1 is 0.461 bits per heavy atom. The van der Waals surface area contributed by atoms with E-state index in [1.165, 1.54) is 12.1 Å². The van der Waals surface area contributed by atoms with Gasteiger partial charge in [-0.25, -0.2) is 9.36 Å².